The standard InChI is InChI=1S/C19H22O6/c1-11(21)24-15-9-16-18(14(15)10-20)13-7-3-5-12(19(13)25-16)6-4-8-17(22)23-2/h3,5,7,10,14-16,18H,4,6,8-9H2,1-2H3/t14-,15+,16-,18?/m0/s1. The van der Waals surface area contributed by atoms with Crippen molar-refractivity contribution >= 4 is 18.2 Å². The second-order valence-corrected chi connectivity index (χ2v) is 6.54. The lowest BCUT2D eigenvalue weighted by atomic mass is 9.88. The van der Waals surface area contributed by atoms with Gasteiger partial charge in [-0.05, 0) is 18.4 Å². The summed E-state index contributed by atoms with van der Waals surface area (Å²) in [6.07, 6.45) is 2.55. The quantitative estimate of drug-likeness (QED) is 0.580. The van der Waals surface area contributed by atoms with Crippen molar-refractivity contribution in [3.63, 3.8) is 0 Å². The van der Waals surface area contributed by atoms with Gasteiger partial charge in [-0.25, -0.2) is 0 Å². The number of aryl methyl sites for hydroxylation is 1. The van der Waals surface area contributed by atoms with Crippen molar-refractivity contribution < 1.29 is 28.6 Å². The molecule has 1 aliphatic heterocycles. The summed E-state index contributed by atoms with van der Waals surface area (Å²) in [5.41, 5.74) is 2.02. The van der Waals surface area contributed by atoms with E-state index in [0.29, 0.717) is 25.7 Å². The number of para-hydroxylation sites is 1. The molecule has 0 radical (unpaired) electrons. The normalized spacial score (nSPS) is 26.3. The maximum atomic E-state index is 11.6. The van der Waals surface area contributed by atoms with Gasteiger partial charge in [0.25, 0.3) is 0 Å². The van der Waals surface area contributed by atoms with Crippen LogP contribution in [0.5, 0.6) is 5.75 Å². The molecule has 4 atom stereocenters. The van der Waals surface area contributed by atoms with Crippen LogP contribution in [0.25, 0.3) is 0 Å². The maximum absolute atomic E-state index is 11.6. The van der Waals surface area contributed by atoms with Gasteiger partial charge in [-0.3, -0.25) is 9.59 Å². The van der Waals surface area contributed by atoms with Crippen LogP contribution in [0.4, 0.5) is 0 Å². The predicted molar refractivity (Wildman–Crippen MR) is 88.3 cm³/mol. The van der Waals surface area contributed by atoms with E-state index < -0.39 is 6.10 Å². The van der Waals surface area contributed by atoms with E-state index in [1.807, 2.05) is 18.2 Å². The van der Waals surface area contributed by atoms with Gasteiger partial charge < -0.3 is 19.0 Å². The first-order valence-corrected chi connectivity index (χ1v) is 8.53. The first-order valence-electron chi connectivity index (χ1n) is 8.53. The summed E-state index contributed by atoms with van der Waals surface area (Å²) in [7, 11) is 1.38. The van der Waals surface area contributed by atoms with Gasteiger partial charge >= 0.3 is 11.9 Å². The third-order valence-electron chi connectivity index (χ3n) is 4.99. The lowest BCUT2D eigenvalue weighted by Gasteiger charge is -2.18. The Morgan fingerprint density at radius 3 is 2.84 bits per heavy atom. The van der Waals surface area contributed by atoms with E-state index in [0.717, 1.165) is 23.2 Å². The van der Waals surface area contributed by atoms with Crippen molar-refractivity contribution in [2.75, 3.05) is 7.11 Å². The number of fused-ring (bicyclic) bond motifs is 3. The van der Waals surface area contributed by atoms with Crippen LogP contribution in [0, 0.1) is 5.92 Å². The highest BCUT2D eigenvalue weighted by molar-refractivity contribution is 5.69. The molecule has 1 aromatic rings. The minimum atomic E-state index is -0.430. The molecule has 0 bridgehead atoms. The predicted octanol–water partition coefficient (Wildman–Crippen LogP) is 2.18. The average molecular weight is 346 g/mol. The zero-order valence-corrected chi connectivity index (χ0v) is 14.4. The summed E-state index contributed by atoms with van der Waals surface area (Å²) in [5, 5.41) is 0. The minimum Gasteiger partial charge on any atom is -0.489 e. The fourth-order valence-corrected chi connectivity index (χ4v) is 3.94. The molecule has 0 spiro atoms. The fraction of sp³-hybridized carbons (Fsp3) is 0.526. The van der Waals surface area contributed by atoms with Crippen LogP contribution in [0.15, 0.2) is 18.2 Å². The highest BCUT2D eigenvalue weighted by Crippen LogP contribution is 2.51. The zero-order chi connectivity index (χ0) is 18.0. The molecule has 1 heterocycles. The molecule has 6 nitrogen and oxygen atoms in total. The second-order valence-electron chi connectivity index (χ2n) is 6.54. The minimum absolute atomic E-state index is 0.0857. The molecule has 3 rings (SSSR count). The third-order valence-corrected chi connectivity index (χ3v) is 4.99. The number of rotatable bonds is 6. The molecule has 25 heavy (non-hydrogen) atoms. The Morgan fingerprint density at radius 2 is 2.16 bits per heavy atom. The van der Waals surface area contributed by atoms with Crippen molar-refractivity contribution in [1.82, 2.24) is 0 Å². The van der Waals surface area contributed by atoms with Gasteiger partial charge in [-0.15, -0.1) is 0 Å². The molecule has 0 amide bonds. The van der Waals surface area contributed by atoms with Crippen molar-refractivity contribution in [3.05, 3.63) is 29.3 Å². The number of methoxy groups -OCH3 is 1. The van der Waals surface area contributed by atoms with Gasteiger partial charge in [0.2, 0.25) is 0 Å². The van der Waals surface area contributed by atoms with Gasteiger partial charge in [0.05, 0.1) is 13.0 Å². The van der Waals surface area contributed by atoms with Gasteiger partial charge in [0.1, 0.15) is 24.2 Å². The monoisotopic (exact) mass is 346 g/mol. The number of esters is 2. The van der Waals surface area contributed by atoms with Crippen LogP contribution >= 0.6 is 0 Å². The molecule has 0 aromatic heterocycles. The number of aldehydes is 1. The molecular formula is C19H22O6. The smallest absolute Gasteiger partial charge is 0.305 e. The molecule has 1 fully saturated rings. The molecule has 2 aliphatic rings. The number of hydrogen-bond acceptors (Lipinski definition) is 6. The van der Waals surface area contributed by atoms with E-state index >= 15 is 0 Å². The van der Waals surface area contributed by atoms with Crippen LogP contribution in [-0.2, 0) is 30.3 Å². The van der Waals surface area contributed by atoms with Gasteiger partial charge in [0, 0.05) is 31.2 Å². The topological polar surface area (TPSA) is 78.9 Å². The van der Waals surface area contributed by atoms with Gasteiger partial charge in [0.15, 0.2) is 0 Å². The molecule has 1 saturated carbocycles. The summed E-state index contributed by atoms with van der Waals surface area (Å²) >= 11 is 0. The van der Waals surface area contributed by atoms with E-state index in [9.17, 15) is 14.4 Å². The van der Waals surface area contributed by atoms with Crippen LogP contribution in [0.3, 0.4) is 0 Å². The molecule has 1 aromatic carbocycles. The number of ether oxygens (including phenoxy) is 3. The van der Waals surface area contributed by atoms with Crippen molar-refractivity contribution in [3.8, 4) is 5.75 Å². The van der Waals surface area contributed by atoms with Crippen molar-refractivity contribution in [2.24, 2.45) is 5.92 Å². The summed E-state index contributed by atoms with van der Waals surface area (Å²) in [6.45, 7) is 1.35. The Kier molecular flexibility index (Phi) is 5.06. The number of hydrogen-bond donors (Lipinski definition) is 0. The molecule has 0 N–H and O–H groups in total. The Labute approximate surface area is 146 Å². The van der Waals surface area contributed by atoms with Gasteiger partial charge in [-0.2, -0.15) is 0 Å². The van der Waals surface area contributed by atoms with E-state index in [1.165, 1.54) is 14.0 Å². The first-order chi connectivity index (χ1) is 12.0. The van der Waals surface area contributed by atoms with Crippen molar-refractivity contribution in [2.45, 2.75) is 50.7 Å². The average Bonchev–Trinajstić information content (AvgIpc) is 3.09. The molecule has 1 unspecified atom stereocenters. The summed E-state index contributed by atoms with van der Waals surface area (Å²) < 4.78 is 16.1. The highest BCUT2D eigenvalue weighted by Gasteiger charge is 2.51. The lowest BCUT2D eigenvalue weighted by molar-refractivity contribution is -0.148. The first kappa shape index (κ1) is 17.5. The molecule has 1 aliphatic carbocycles. The van der Waals surface area contributed by atoms with Gasteiger partial charge in [-0.1, -0.05) is 18.2 Å². The van der Waals surface area contributed by atoms with E-state index in [2.05, 4.69) is 4.74 Å². The SMILES string of the molecule is COC(=O)CCCc1cccc2c1O[C@H]1C[C@@H](OC(C)=O)[C@H](C=O)C21. The van der Waals surface area contributed by atoms with E-state index in [1.54, 1.807) is 0 Å². The fourth-order valence-electron chi connectivity index (χ4n) is 3.94. The number of benzene rings is 1. The van der Waals surface area contributed by atoms with Crippen molar-refractivity contribution in [1.29, 1.82) is 0 Å². The molecular weight excluding hydrogens is 324 g/mol. The summed E-state index contributed by atoms with van der Waals surface area (Å²) in [6, 6.07) is 5.89. The third kappa shape index (κ3) is 3.38. The Bertz CT molecular complexity index is 682. The van der Waals surface area contributed by atoms with E-state index in [4.69, 9.17) is 9.47 Å². The van der Waals surface area contributed by atoms with Crippen LogP contribution in [0.2, 0.25) is 0 Å². The Morgan fingerprint density at radius 1 is 1.36 bits per heavy atom. The highest BCUT2D eigenvalue weighted by atomic mass is 16.5. The zero-order valence-electron chi connectivity index (χ0n) is 14.4. The second kappa shape index (κ2) is 7.25. The van der Waals surface area contributed by atoms with Crippen LogP contribution < -0.4 is 4.74 Å². The molecule has 134 valence electrons. The number of carbonyl (C=O) groups is 3. The largest absolute Gasteiger partial charge is 0.489 e. The summed E-state index contributed by atoms with van der Waals surface area (Å²) in [5.74, 6) is -0.266. The summed E-state index contributed by atoms with van der Waals surface area (Å²) in [4.78, 5) is 34.1. The Balaban J connectivity index is 1.77. The molecule has 0 saturated heterocycles. The maximum Gasteiger partial charge on any atom is 0.305 e. The lowest BCUT2D eigenvalue weighted by Crippen LogP contribution is -2.24. The molecule has 6 heteroatoms. The Hall–Kier alpha value is -2.37. The van der Waals surface area contributed by atoms with Crippen LogP contribution in [-0.4, -0.2) is 37.5 Å². The van der Waals surface area contributed by atoms with E-state index in [-0.39, 0.29) is 29.9 Å². The van der Waals surface area contributed by atoms with Crippen LogP contribution in [0.1, 0.15) is 43.2 Å². The number of carbonyl (C=O) groups excluding carboxylic acids is 3.